The van der Waals surface area contributed by atoms with Gasteiger partial charge in [-0.3, -0.25) is 0 Å². The van der Waals surface area contributed by atoms with Crippen molar-refractivity contribution in [3.05, 3.63) is 29.8 Å². The van der Waals surface area contributed by atoms with E-state index in [9.17, 15) is 9.50 Å². The van der Waals surface area contributed by atoms with Crippen molar-refractivity contribution < 1.29 is 9.50 Å². The normalized spacial score (nSPS) is 12.9. The molecule has 0 aliphatic rings. The molecular formula is C8H11FN2O. The Kier molecular flexibility index (Phi) is 3.13. The molecule has 0 unspecified atom stereocenters. The number of hydrogen-bond donors (Lipinski definition) is 2. The molecular weight excluding hydrogens is 159 g/mol. The Morgan fingerprint density at radius 2 is 2.33 bits per heavy atom. The topological polar surface area (TPSA) is 59.1 Å². The van der Waals surface area contributed by atoms with Crippen LogP contribution in [0.2, 0.25) is 0 Å². The fourth-order valence-corrected chi connectivity index (χ4v) is 0.909. The van der Waals surface area contributed by atoms with E-state index in [1.807, 2.05) is 0 Å². The monoisotopic (exact) mass is 170 g/mol. The predicted octanol–water partition coefficient (Wildman–Crippen LogP) is 0.603. The summed E-state index contributed by atoms with van der Waals surface area (Å²) in [6, 6.07) is 2.72. The van der Waals surface area contributed by atoms with Crippen LogP contribution >= 0.6 is 0 Å². The molecule has 0 saturated carbocycles. The van der Waals surface area contributed by atoms with Crippen LogP contribution in [0, 0.1) is 5.95 Å². The van der Waals surface area contributed by atoms with Crippen LogP contribution in [-0.2, 0) is 0 Å². The molecule has 0 aliphatic carbocycles. The standard InChI is InChI=1S/C8H11FN2O/c9-8-2-1-6(5-11-8)7(12)3-4-10/h1-2,5,7,12H,3-4,10H2/t7-/m1/s1. The molecule has 1 aromatic heterocycles. The van der Waals surface area contributed by atoms with Crippen LogP contribution in [0.15, 0.2) is 18.3 Å². The van der Waals surface area contributed by atoms with Gasteiger partial charge in [-0.05, 0) is 24.6 Å². The van der Waals surface area contributed by atoms with Gasteiger partial charge < -0.3 is 10.8 Å². The summed E-state index contributed by atoms with van der Waals surface area (Å²) in [5.41, 5.74) is 5.84. The number of rotatable bonds is 3. The third-order valence-corrected chi connectivity index (χ3v) is 1.58. The van der Waals surface area contributed by atoms with E-state index in [0.717, 1.165) is 0 Å². The molecule has 3 nitrogen and oxygen atoms in total. The quantitative estimate of drug-likeness (QED) is 0.653. The first-order chi connectivity index (χ1) is 5.74. The third-order valence-electron chi connectivity index (χ3n) is 1.58. The summed E-state index contributed by atoms with van der Waals surface area (Å²) in [5.74, 6) is -0.543. The molecule has 66 valence electrons. The molecule has 12 heavy (non-hydrogen) atoms. The maximum atomic E-state index is 12.3. The molecule has 0 fully saturated rings. The van der Waals surface area contributed by atoms with Crippen molar-refractivity contribution in [1.82, 2.24) is 4.98 Å². The van der Waals surface area contributed by atoms with Gasteiger partial charge in [-0.15, -0.1) is 0 Å². The fourth-order valence-electron chi connectivity index (χ4n) is 0.909. The Bertz CT molecular complexity index is 237. The molecule has 3 N–H and O–H groups in total. The van der Waals surface area contributed by atoms with Crippen molar-refractivity contribution >= 4 is 0 Å². The van der Waals surface area contributed by atoms with Crippen molar-refractivity contribution in [3.8, 4) is 0 Å². The Labute approximate surface area is 70.0 Å². The van der Waals surface area contributed by atoms with Crippen molar-refractivity contribution in [2.75, 3.05) is 6.54 Å². The summed E-state index contributed by atoms with van der Waals surface area (Å²) in [6.45, 7) is 0.401. The van der Waals surface area contributed by atoms with Gasteiger partial charge in [0.05, 0.1) is 6.10 Å². The van der Waals surface area contributed by atoms with Gasteiger partial charge in [-0.1, -0.05) is 6.07 Å². The predicted molar refractivity (Wildman–Crippen MR) is 42.8 cm³/mol. The van der Waals surface area contributed by atoms with Crippen LogP contribution in [0.4, 0.5) is 4.39 Å². The van der Waals surface area contributed by atoms with E-state index in [1.54, 1.807) is 0 Å². The second kappa shape index (κ2) is 4.13. The van der Waals surface area contributed by atoms with Crippen LogP contribution in [0.25, 0.3) is 0 Å². The number of nitrogens with two attached hydrogens (primary N) is 1. The lowest BCUT2D eigenvalue weighted by atomic mass is 10.1. The maximum Gasteiger partial charge on any atom is 0.212 e. The molecule has 1 heterocycles. The Hall–Kier alpha value is -1.00. The molecule has 0 amide bonds. The van der Waals surface area contributed by atoms with Gasteiger partial charge in [0.2, 0.25) is 5.95 Å². The first-order valence-corrected chi connectivity index (χ1v) is 3.73. The zero-order valence-electron chi connectivity index (χ0n) is 6.57. The highest BCUT2D eigenvalue weighted by molar-refractivity contribution is 5.12. The minimum Gasteiger partial charge on any atom is -0.388 e. The van der Waals surface area contributed by atoms with Crippen molar-refractivity contribution in [2.24, 2.45) is 5.73 Å². The minimum absolute atomic E-state index is 0.401. The number of nitrogens with zero attached hydrogens (tertiary/aromatic N) is 1. The van der Waals surface area contributed by atoms with Gasteiger partial charge in [0.25, 0.3) is 0 Å². The largest absolute Gasteiger partial charge is 0.388 e. The number of hydrogen-bond acceptors (Lipinski definition) is 3. The van der Waals surface area contributed by atoms with E-state index in [-0.39, 0.29) is 0 Å². The number of halogens is 1. The minimum atomic E-state index is -0.636. The van der Waals surface area contributed by atoms with E-state index < -0.39 is 12.1 Å². The second-order valence-corrected chi connectivity index (χ2v) is 2.51. The number of aliphatic hydroxyl groups excluding tert-OH is 1. The van der Waals surface area contributed by atoms with E-state index >= 15 is 0 Å². The van der Waals surface area contributed by atoms with Gasteiger partial charge in [0.15, 0.2) is 0 Å². The Balaban J connectivity index is 2.68. The average Bonchev–Trinajstić information content (AvgIpc) is 2.06. The molecule has 1 aromatic rings. The lowest BCUT2D eigenvalue weighted by molar-refractivity contribution is 0.169. The van der Waals surface area contributed by atoms with E-state index in [1.165, 1.54) is 18.3 Å². The first-order valence-electron chi connectivity index (χ1n) is 3.73. The highest BCUT2D eigenvalue weighted by Crippen LogP contribution is 2.13. The molecule has 0 saturated heterocycles. The van der Waals surface area contributed by atoms with Gasteiger partial charge in [-0.2, -0.15) is 4.39 Å². The van der Waals surface area contributed by atoms with E-state index in [4.69, 9.17) is 5.73 Å². The van der Waals surface area contributed by atoms with E-state index in [2.05, 4.69) is 4.98 Å². The summed E-state index contributed by atoms with van der Waals surface area (Å²) in [6.07, 6.45) is 1.14. The molecule has 0 spiro atoms. The summed E-state index contributed by atoms with van der Waals surface area (Å²) in [5, 5.41) is 9.37. The number of pyridine rings is 1. The van der Waals surface area contributed by atoms with Gasteiger partial charge in [0, 0.05) is 6.20 Å². The number of aliphatic hydroxyl groups is 1. The summed E-state index contributed by atoms with van der Waals surface area (Å²) in [4.78, 5) is 3.41. The smallest absolute Gasteiger partial charge is 0.212 e. The summed E-state index contributed by atoms with van der Waals surface area (Å²) >= 11 is 0. The van der Waals surface area contributed by atoms with Gasteiger partial charge in [0.1, 0.15) is 0 Å². The Morgan fingerprint density at radius 1 is 1.58 bits per heavy atom. The molecule has 0 radical (unpaired) electrons. The number of aromatic nitrogens is 1. The van der Waals surface area contributed by atoms with Crippen LogP contribution in [0.3, 0.4) is 0 Å². The average molecular weight is 170 g/mol. The zero-order valence-corrected chi connectivity index (χ0v) is 6.57. The SMILES string of the molecule is NCC[C@@H](O)c1ccc(F)nc1. The maximum absolute atomic E-state index is 12.3. The van der Waals surface area contributed by atoms with Gasteiger partial charge >= 0.3 is 0 Å². The van der Waals surface area contributed by atoms with Crippen molar-refractivity contribution in [3.63, 3.8) is 0 Å². The Morgan fingerprint density at radius 3 is 2.83 bits per heavy atom. The first kappa shape index (κ1) is 9.09. The van der Waals surface area contributed by atoms with Crippen LogP contribution in [-0.4, -0.2) is 16.6 Å². The van der Waals surface area contributed by atoms with Crippen LogP contribution in [0.5, 0.6) is 0 Å². The molecule has 0 aliphatic heterocycles. The molecule has 1 rings (SSSR count). The van der Waals surface area contributed by atoms with Crippen LogP contribution < -0.4 is 5.73 Å². The van der Waals surface area contributed by atoms with Crippen LogP contribution in [0.1, 0.15) is 18.1 Å². The fraction of sp³-hybridized carbons (Fsp3) is 0.375. The molecule has 0 bridgehead atoms. The highest BCUT2D eigenvalue weighted by atomic mass is 19.1. The van der Waals surface area contributed by atoms with Crippen molar-refractivity contribution in [1.29, 1.82) is 0 Å². The zero-order chi connectivity index (χ0) is 8.97. The van der Waals surface area contributed by atoms with E-state index in [0.29, 0.717) is 18.5 Å². The molecule has 1 atom stereocenters. The summed E-state index contributed by atoms with van der Waals surface area (Å²) in [7, 11) is 0. The summed E-state index contributed by atoms with van der Waals surface area (Å²) < 4.78 is 12.3. The van der Waals surface area contributed by atoms with Crippen molar-refractivity contribution in [2.45, 2.75) is 12.5 Å². The highest BCUT2D eigenvalue weighted by Gasteiger charge is 2.05. The molecule has 0 aromatic carbocycles. The second-order valence-electron chi connectivity index (χ2n) is 2.51. The third kappa shape index (κ3) is 2.25. The molecule has 4 heteroatoms. The lowest BCUT2D eigenvalue weighted by Crippen LogP contribution is -2.06. The lowest BCUT2D eigenvalue weighted by Gasteiger charge is -2.07. The van der Waals surface area contributed by atoms with Gasteiger partial charge in [-0.25, -0.2) is 4.98 Å².